The normalized spacial score (nSPS) is 10.6. The molecule has 2 rings (SSSR count). The lowest BCUT2D eigenvalue weighted by Crippen LogP contribution is -2.14. The second kappa shape index (κ2) is 8.54. The van der Waals surface area contributed by atoms with Gasteiger partial charge in [0.25, 0.3) is 0 Å². The van der Waals surface area contributed by atoms with E-state index in [1.165, 1.54) is 11.8 Å². The highest BCUT2D eigenvalue weighted by atomic mass is 35.5. The van der Waals surface area contributed by atoms with Crippen LogP contribution in [0.25, 0.3) is 0 Å². The number of carbonyl (C=O) groups excluding carboxylic acids is 1. The van der Waals surface area contributed by atoms with Gasteiger partial charge in [-0.3, -0.25) is 4.79 Å². The molecule has 0 bridgehead atoms. The fourth-order valence-corrected chi connectivity index (χ4v) is 3.15. The number of benzene rings is 1. The number of halogens is 1. The molecule has 0 spiro atoms. The Labute approximate surface area is 157 Å². The minimum absolute atomic E-state index is 0.0900. The minimum Gasteiger partial charge on any atom is -0.495 e. The number of aromatic nitrogens is 2. The molecule has 2 aromatic rings. The molecule has 1 heterocycles. The number of hydrogen-bond donors (Lipinski definition) is 1. The smallest absolute Gasteiger partial charge is 0.224 e. The van der Waals surface area contributed by atoms with Crippen LogP contribution in [0.2, 0.25) is 5.02 Å². The first kappa shape index (κ1) is 19.5. The Kier molecular flexibility index (Phi) is 6.67. The van der Waals surface area contributed by atoms with Crippen LogP contribution < -0.4 is 10.1 Å². The average molecular weight is 380 g/mol. The first-order chi connectivity index (χ1) is 11.8. The highest BCUT2D eigenvalue weighted by Crippen LogP contribution is 2.31. The van der Waals surface area contributed by atoms with Crippen molar-refractivity contribution < 1.29 is 9.53 Å². The molecule has 0 unspecified atom stereocenters. The van der Waals surface area contributed by atoms with Gasteiger partial charge in [0.05, 0.1) is 12.8 Å². The summed E-state index contributed by atoms with van der Waals surface area (Å²) in [4.78, 5) is 21.2. The van der Waals surface area contributed by atoms with Crippen LogP contribution in [-0.2, 0) is 11.2 Å². The number of ether oxygens (including phenoxy) is 1. The molecule has 5 nitrogen and oxygen atoms in total. The van der Waals surface area contributed by atoms with Crippen molar-refractivity contribution in [3.8, 4) is 5.75 Å². The molecule has 0 aliphatic carbocycles. The molecule has 0 radical (unpaired) electrons. The molecule has 0 fully saturated rings. The standard InChI is InChI=1S/C18H22ClN3O2S/c1-10-8-15(16(24-4)9-14(10)19)22-17(23)7-6-13-11(2)20-18(25-5)21-12(13)3/h8-9H,6-7H2,1-5H3,(H,22,23). The van der Waals surface area contributed by atoms with Crippen molar-refractivity contribution in [3.63, 3.8) is 0 Å². The third-order valence-corrected chi connectivity index (χ3v) is 4.89. The number of thioether (sulfide) groups is 1. The Morgan fingerprint density at radius 1 is 1.24 bits per heavy atom. The Hall–Kier alpha value is -1.79. The number of hydrogen-bond acceptors (Lipinski definition) is 5. The summed E-state index contributed by atoms with van der Waals surface area (Å²) in [5.41, 5.74) is 4.36. The van der Waals surface area contributed by atoms with Crippen molar-refractivity contribution in [1.82, 2.24) is 9.97 Å². The Morgan fingerprint density at radius 2 is 1.88 bits per heavy atom. The summed E-state index contributed by atoms with van der Waals surface area (Å²) < 4.78 is 5.29. The van der Waals surface area contributed by atoms with Crippen molar-refractivity contribution in [1.29, 1.82) is 0 Å². The summed E-state index contributed by atoms with van der Waals surface area (Å²) in [6, 6.07) is 3.52. The van der Waals surface area contributed by atoms with Gasteiger partial charge in [0.15, 0.2) is 5.16 Å². The summed E-state index contributed by atoms with van der Waals surface area (Å²) in [6.45, 7) is 5.79. The van der Waals surface area contributed by atoms with Crippen LogP contribution >= 0.6 is 23.4 Å². The number of amides is 1. The Bertz CT molecular complexity index is 773. The van der Waals surface area contributed by atoms with Gasteiger partial charge in [0.2, 0.25) is 5.91 Å². The van der Waals surface area contributed by atoms with E-state index in [1.54, 1.807) is 13.2 Å². The summed E-state index contributed by atoms with van der Waals surface area (Å²) >= 11 is 7.61. The van der Waals surface area contributed by atoms with Crippen LogP contribution in [0.5, 0.6) is 5.75 Å². The SMILES string of the molecule is COc1cc(Cl)c(C)cc1NC(=O)CCc1c(C)nc(SC)nc1C. The van der Waals surface area contributed by atoms with E-state index < -0.39 is 0 Å². The van der Waals surface area contributed by atoms with E-state index in [9.17, 15) is 4.79 Å². The van der Waals surface area contributed by atoms with Crippen LogP contribution in [-0.4, -0.2) is 29.2 Å². The monoisotopic (exact) mass is 379 g/mol. The molecular formula is C18H22ClN3O2S. The molecule has 0 saturated carbocycles. The highest BCUT2D eigenvalue weighted by Gasteiger charge is 2.13. The number of aryl methyl sites for hydroxylation is 3. The molecular weight excluding hydrogens is 358 g/mol. The fraction of sp³-hybridized carbons (Fsp3) is 0.389. The van der Waals surface area contributed by atoms with Gasteiger partial charge in [-0.05, 0) is 50.6 Å². The summed E-state index contributed by atoms with van der Waals surface area (Å²) in [7, 11) is 1.55. The summed E-state index contributed by atoms with van der Waals surface area (Å²) in [6.07, 6.45) is 2.88. The summed E-state index contributed by atoms with van der Waals surface area (Å²) in [5, 5.41) is 4.25. The predicted octanol–water partition coefficient (Wildman–Crippen LogP) is 4.36. The lowest BCUT2D eigenvalue weighted by Gasteiger charge is -2.13. The number of rotatable bonds is 6. The van der Waals surface area contributed by atoms with Crippen molar-refractivity contribution in [2.75, 3.05) is 18.7 Å². The molecule has 1 aromatic heterocycles. The van der Waals surface area contributed by atoms with Gasteiger partial charge < -0.3 is 10.1 Å². The van der Waals surface area contributed by atoms with Gasteiger partial charge in [0, 0.05) is 28.9 Å². The molecule has 0 saturated heterocycles. The molecule has 25 heavy (non-hydrogen) atoms. The van der Waals surface area contributed by atoms with Gasteiger partial charge in [-0.2, -0.15) is 0 Å². The lowest BCUT2D eigenvalue weighted by molar-refractivity contribution is -0.116. The highest BCUT2D eigenvalue weighted by molar-refractivity contribution is 7.98. The van der Waals surface area contributed by atoms with Gasteiger partial charge in [0.1, 0.15) is 5.75 Å². The third-order valence-electron chi connectivity index (χ3n) is 3.94. The summed E-state index contributed by atoms with van der Waals surface area (Å²) in [5.74, 6) is 0.455. The van der Waals surface area contributed by atoms with Crippen LogP contribution in [0, 0.1) is 20.8 Å². The van der Waals surface area contributed by atoms with Crippen molar-refractivity contribution in [3.05, 3.63) is 39.7 Å². The second-order valence-electron chi connectivity index (χ2n) is 5.71. The van der Waals surface area contributed by atoms with E-state index in [4.69, 9.17) is 16.3 Å². The van der Waals surface area contributed by atoms with E-state index in [1.807, 2.05) is 33.1 Å². The van der Waals surface area contributed by atoms with Crippen LogP contribution in [0.15, 0.2) is 17.3 Å². The number of carbonyl (C=O) groups is 1. The zero-order valence-corrected chi connectivity index (χ0v) is 16.6. The molecule has 134 valence electrons. The molecule has 1 amide bonds. The van der Waals surface area contributed by atoms with Gasteiger partial charge >= 0.3 is 0 Å². The number of methoxy groups -OCH3 is 1. The second-order valence-corrected chi connectivity index (χ2v) is 6.89. The molecule has 0 aliphatic rings. The van der Waals surface area contributed by atoms with Gasteiger partial charge in [-0.25, -0.2) is 9.97 Å². The van der Waals surface area contributed by atoms with E-state index in [0.29, 0.717) is 29.3 Å². The van der Waals surface area contributed by atoms with E-state index in [-0.39, 0.29) is 5.91 Å². The topological polar surface area (TPSA) is 64.1 Å². The first-order valence-corrected chi connectivity index (χ1v) is 9.48. The molecule has 7 heteroatoms. The van der Waals surface area contributed by atoms with E-state index in [0.717, 1.165) is 27.7 Å². The zero-order valence-electron chi connectivity index (χ0n) is 15.1. The maximum absolute atomic E-state index is 12.4. The molecule has 0 atom stereocenters. The van der Waals surface area contributed by atoms with Crippen LogP contribution in [0.1, 0.15) is 28.9 Å². The Balaban J connectivity index is 2.08. The fourth-order valence-electron chi connectivity index (χ4n) is 2.54. The van der Waals surface area contributed by atoms with E-state index >= 15 is 0 Å². The van der Waals surface area contributed by atoms with Gasteiger partial charge in [-0.15, -0.1) is 0 Å². The first-order valence-electron chi connectivity index (χ1n) is 7.87. The molecule has 1 aromatic carbocycles. The zero-order chi connectivity index (χ0) is 18.6. The quantitative estimate of drug-likeness (QED) is 0.596. The molecule has 0 aliphatic heterocycles. The average Bonchev–Trinajstić information content (AvgIpc) is 2.56. The van der Waals surface area contributed by atoms with Crippen LogP contribution in [0.3, 0.4) is 0 Å². The van der Waals surface area contributed by atoms with Crippen LogP contribution in [0.4, 0.5) is 5.69 Å². The number of nitrogens with zero attached hydrogens (tertiary/aromatic N) is 2. The Morgan fingerprint density at radius 3 is 2.44 bits per heavy atom. The maximum atomic E-state index is 12.4. The molecule has 1 N–H and O–H groups in total. The number of nitrogens with one attached hydrogen (secondary N) is 1. The maximum Gasteiger partial charge on any atom is 0.224 e. The minimum atomic E-state index is -0.0900. The van der Waals surface area contributed by atoms with Gasteiger partial charge in [-0.1, -0.05) is 23.4 Å². The van der Waals surface area contributed by atoms with E-state index in [2.05, 4.69) is 15.3 Å². The third kappa shape index (κ3) is 4.86. The predicted molar refractivity (Wildman–Crippen MR) is 103 cm³/mol. The largest absolute Gasteiger partial charge is 0.495 e. The number of anilines is 1. The lowest BCUT2D eigenvalue weighted by atomic mass is 10.1. The van der Waals surface area contributed by atoms with Crippen molar-refractivity contribution >= 4 is 35.0 Å². The van der Waals surface area contributed by atoms with Crippen molar-refractivity contribution in [2.24, 2.45) is 0 Å². The van der Waals surface area contributed by atoms with Crippen molar-refractivity contribution in [2.45, 2.75) is 38.8 Å².